The average Bonchev–Trinajstić information content (AvgIpc) is 3.43. The molecule has 5 aliphatic carbocycles. The van der Waals surface area contributed by atoms with Crippen molar-refractivity contribution in [2.75, 3.05) is 13.7 Å². The number of benzene rings is 1. The third-order valence-electron chi connectivity index (χ3n) is 8.01. The highest BCUT2D eigenvalue weighted by Gasteiger charge is 2.58. The summed E-state index contributed by atoms with van der Waals surface area (Å²) >= 11 is 0. The van der Waals surface area contributed by atoms with Crippen molar-refractivity contribution in [3.05, 3.63) is 35.6 Å². The summed E-state index contributed by atoms with van der Waals surface area (Å²) in [6.07, 6.45) is 8.16. The number of hydrogen-bond donors (Lipinski definition) is 1. The molecule has 0 saturated heterocycles. The van der Waals surface area contributed by atoms with Crippen LogP contribution in [0.1, 0.15) is 50.5 Å². The molecule has 4 bridgehead atoms. The molecule has 0 aliphatic heterocycles. The van der Waals surface area contributed by atoms with Gasteiger partial charge in [-0.15, -0.1) is 0 Å². The molecule has 4 heteroatoms. The van der Waals surface area contributed by atoms with Gasteiger partial charge in [0.25, 0.3) is 0 Å². The van der Waals surface area contributed by atoms with E-state index in [1.807, 2.05) is 7.11 Å². The Kier molecular flexibility index (Phi) is 3.72. The summed E-state index contributed by atoms with van der Waals surface area (Å²) in [7, 11) is 1.83. The Morgan fingerprint density at radius 2 is 1.65 bits per heavy atom. The molecule has 0 radical (unpaired) electrons. The van der Waals surface area contributed by atoms with Gasteiger partial charge in [-0.1, -0.05) is 12.1 Å². The predicted molar refractivity (Wildman–Crippen MR) is 97.1 cm³/mol. The largest absolute Gasteiger partial charge is 0.376 e. The number of carbonyl (C=O) groups excluding carboxylic acids is 1. The number of carbonyl (C=O) groups is 1. The fraction of sp³-hybridized carbons (Fsp3) is 0.682. The van der Waals surface area contributed by atoms with Crippen molar-refractivity contribution in [1.29, 1.82) is 0 Å². The van der Waals surface area contributed by atoms with Crippen molar-refractivity contribution in [3.8, 4) is 0 Å². The van der Waals surface area contributed by atoms with Crippen LogP contribution < -0.4 is 5.32 Å². The molecule has 0 atom stereocenters. The zero-order valence-corrected chi connectivity index (χ0v) is 15.5. The van der Waals surface area contributed by atoms with E-state index in [0.717, 1.165) is 30.2 Å². The maximum Gasteiger partial charge on any atom is 0.230 e. The number of ether oxygens (including phenoxy) is 1. The van der Waals surface area contributed by atoms with Crippen LogP contribution in [0.15, 0.2) is 24.3 Å². The minimum Gasteiger partial charge on any atom is -0.376 e. The smallest absolute Gasteiger partial charge is 0.230 e. The lowest BCUT2D eigenvalue weighted by molar-refractivity contribution is -0.188. The van der Waals surface area contributed by atoms with Gasteiger partial charge in [-0.25, -0.2) is 4.39 Å². The Balaban J connectivity index is 1.32. The van der Waals surface area contributed by atoms with Crippen LogP contribution in [0.4, 0.5) is 4.39 Å². The monoisotopic (exact) mass is 357 g/mol. The first-order chi connectivity index (χ1) is 12.6. The number of amides is 1. The van der Waals surface area contributed by atoms with Gasteiger partial charge in [0.15, 0.2) is 0 Å². The summed E-state index contributed by atoms with van der Waals surface area (Å²) < 4.78 is 19.4. The van der Waals surface area contributed by atoms with Crippen molar-refractivity contribution in [1.82, 2.24) is 5.32 Å². The van der Waals surface area contributed by atoms with E-state index in [0.29, 0.717) is 18.4 Å². The molecular formula is C22H28FNO2. The van der Waals surface area contributed by atoms with Gasteiger partial charge in [0, 0.05) is 13.7 Å². The molecule has 0 unspecified atom stereocenters. The summed E-state index contributed by atoms with van der Waals surface area (Å²) in [5.74, 6) is 2.78. The number of hydrogen-bond acceptors (Lipinski definition) is 2. The molecule has 1 aromatic rings. The topological polar surface area (TPSA) is 38.3 Å². The third-order valence-corrected chi connectivity index (χ3v) is 8.01. The fourth-order valence-corrected chi connectivity index (χ4v) is 6.60. The van der Waals surface area contributed by atoms with E-state index in [1.165, 1.54) is 44.2 Å². The highest BCUT2D eigenvalue weighted by molar-refractivity contribution is 5.91. The zero-order valence-electron chi connectivity index (χ0n) is 15.5. The molecule has 1 aromatic carbocycles. The summed E-state index contributed by atoms with van der Waals surface area (Å²) in [5.41, 5.74) is 0.309. The maximum atomic E-state index is 13.2. The molecule has 6 rings (SSSR count). The standard InChI is InChI=1S/C22H28FNO2/c1-26-22(17-9-14-8-15(11-17)12-18(22)10-14)13-24-20(25)21(6-7-21)16-2-4-19(23)5-3-16/h2-5,14-15,17-18H,6-13H2,1H3,(H,24,25). The van der Waals surface area contributed by atoms with Gasteiger partial charge < -0.3 is 10.1 Å². The van der Waals surface area contributed by atoms with Gasteiger partial charge in [0.1, 0.15) is 5.82 Å². The predicted octanol–water partition coefficient (Wildman–Crippen LogP) is 3.81. The first-order valence-corrected chi connectivity index (χ1v) is 10.2. The van der Waals surface area contributed by atoms with E-state index < -0.39 is 5.41 Å². The number of rotatable bonds is 5. The van der Waals surface area contributed by atoms with Crippen LogP contribution >= 0.6 is 0 Å². The minimum absolute atomic E-state index is 0.0920. The lowest BCUT2D eigenvalue weighted by atomic mass is 9.49. The molecule has 140 valence electrons. The van der Waals surface area contributed by atoms with Gasteiger partial charge in [0.2, 0.25) is 5.91 Å². The third kappa shape index (κ3) is 2.37. The van der Waals surface area contributed by atoms with E-state index in [2.05, 4.69) is 5.32 Å². The maximum absolute atomic E-state index is 13.2. The van der Waals surface area contributed by atoms with Crippen molar-refractivity contribution in [3.63, 3.8) is 0 Å². The normalized spacial score (nSPS) is 39.0. The molecule has 1 amide bonds. The summed E-state index contributed by atoms with van der Waals surface area (Å²) in [6.45, 7) is 0.625. The summed E-state index contributed by atoms with van der Waals surface area (Å²) in [4.78, 5) is 13.0. The second-order valence-electron chi connectivity index (χ2n) is 9.24. The van der Waals surface area contributed by atoms with Crippen LogP contribution in [0, 0.1) is 29.5 Å². The molecule has 26 heavy (non-hydrogen) atoms. The van der Waals surface area contributed by atoms with E-state index in [9.17, 15) is 9.18 Å². The Morgan fingerprint density at radius 3 is 2.15 bits per heavy atom. The lowest BCUT2D eigenvalue weighted by Gasteiger charge is -2.60. The highest BCUT2D eigenvalue weighted by Crippen LogP contribution is 2.59. The Labute approximate surface area is 154 Å². The van der Waals surface area contributed by atoms with Crippen molar-refractivity contribution in [2.45, 2.75) is 56.0 Å². The summed E-state index contributed by atoms with van der Waals surface area (Å²) in [5, 5.41) is 3.26. The van der Waals surface area contributed by atoms with Crippen LogP contribution in [0.25, 0.3) is 0 Å². The lowest BCUT2D eigenvalue weighted by Crippen LogP contribution is -2.63. The molecule has 0 heterocycles. The van der Waals surface area contributed by atoms with Crippen LogP contribution in [-0.2, 0) is 14.9 Å². The Hall–Kier alpha value is -1.42. The van der Waals surface area contributed by atoms with Gasteiger partial charge in [-0.3, -0.25) is 4.79 Å². The van der Waals surface area contributed by atoms with Gasteiger partial charge in [-0.05, 0) is 86.3 Å². The van der Waals surface area contributed by atoms with Crippen molar-refractivity contribution >= 4 is 5.91 Å². The first-order valence-electron chi connectivity index (χ1n) is 10.2. The van der Waals surface area contributed by atoms with E-state index in [4.69, 9.17) is 4.74 Å². The highest BCUT2D eigenvalue weighted by atomic mass is 19.1. The van der Waals surface area contributed by atoms with Crippen LogP contribution in [0.5, 0.6) is 0 Å². The molecule has 0 aromatic heterocycles. The number of methoxy groups -OCH3 is 1. The molecule has 3 nitrogen and oxygen atoms in total. The van der Waals surface area contributed by atoms with E-state index in [1.54, 1.807) is 12.1 Å². The van der Waals surface area contributed by atoms with Crippen molar-refractivity contribution < 1.29 is 13.9 Å². The second-order valence-corrected chi connectivity index (χ2v) is 9.24. The van der Waals surface area contributed by atoms with Crippen LogP contribution in [0.2, 0.25) is 0 Å². The van der Waals surface area contributed by atoms with Crippen LogP contribution in [-0.4, -0.2) is 25.2 Å². The fourth-order valence-electron chi connectivity index (χ4n) is 6.60. The van der Waals surface area contributed by atoms with Crippen molar-refractivity contribution in [2.24, 2.45) is 23.7 Å². The van der Waals surface area contributed by atoms with Gasteiger partial charge in [-0.2, -0.15) is 0 Å². The average molecular weight is 357 g/mol. The van der Waals surface area contributed by atoms with E-state index in [-0.39, 0.29) is 17.3 Å². The summed E-state index contributed by atoms with van der Waals surface area (Å²) in [6, 6.07) is 6.43. The zero-order chi connectivity index (χ0) is 17.9. The van der Waals surface area contributed by atoms with Crippen LogP contribution in [0.3, 0.4) is 0 Å². The number of nitrogens with one attached hydrogen (secondary N) is 1. The number of halogens is 1. The molecule has 5 fully saturated rings. The first kappa shape index (κ1) is 16.7. The Bertz CT molecular complexity index is 681. The molecular weight excluding hydrogens is 329 g/mol. The molecule has 5 saturated carbocycles. The second kappa shape index (κ2) is 5.79. The quantitative estimate of drug-likeness (QED) is 0.870. The van der Waals surface area contributed by atoms with Gasteiger partial charge >= 0.3 is 0 Å². The minimum atomic E-state index is -0.450. The van der Waals surface area contributed by atoms with Gasteiger partial charge in [0.05, 0.1) is 11.0 Å². The SMILES string of the molecule is COC1(CNC(=O)C2(c3ccc(F)cc3)CC2)C2CC3CC(C2)CC1C3. The molecule has 5 aliphatic rings. The van der Waals surface area contributed by atoms with E-state index >= 15 is 0 Å². The molecule has 0 spiro atoms. The molecule has 1 N–H and O–H groups in total. The Morgan fingerprint density at radius 1 is 1.08 bits per heavy atom.